The Morgan fingerprint density at radius 2 is 1.81 bits per heavy atom. The van der Waals surface area contributed by atoms with E-state index in [4.69, 9.17) is 0 Å². The average Bonchev–Trinajstić information content (AvgIpc) is 2.82. The zero-order chi connectivity index (χ0) is 17.9. The van der Waals surface area contributed by atoms with Crippen molar-refractivity contribution in [3.05, 3.63) is 65.0 Å². The molecule has 2 unspecified atom stereocenters. The van der Waals surface area contributed by atoms with Crippen molar-refractivity contribution in [1.29, 1.82) is 0 Å². The lowest BCUT2D eigenvalue weighted by molar-refractivity contribution is 0.117. The Morgan fingerprint density at radius 3 is 2.62 bits per heavy atom. The number of piperidine rings is 1. The highest BCUT2D eigenvalue weighted by atomic mass is 16.3. The number of rotatable bonds is 3. The molecule has 0 spiro atoms. The van der Waals surface area contributed by atoms with Gasteiger partial charge in [0.25, 0.3) is 0 Å². The highest BCUT2D eigenvalue weighted by Gasteiger charge is 2.27. The van der Waals surface area contributed by atoms with Crippen molar-refractivity contribution >= 4 is 0 Å². The minimum atomic E-state index is -0.351. The van der Waals surface area contributed by atoms with Gasteiger partial charge in [-0.05, 0) is 81.1 Å². The summed E-state index contributed by atoms with van der Waals surface area (Å²) in [5.41, 5.74) is 5.12. The third kappa shape index (κ3) is 3.84. The van der Waals surface area contributed by atoms with Gasteiger partial charge in [0, 0.05) is 24.0 Å². The number of aliphatic hydroxyl groups excluding tert-OH is 1. The lowest BCUT2D eigenvalue weighted by Gasteiger charge is -2.35. The van der Waals surface area contributed by atoms with Crippen LogP contribution in [0.1, 0.15) is 60.1 Å². The third-order valence-corrected chi connectivity index (χ3v) is 6.36. The van der Waals surface area contributed by atoms with Crippen molar-refractivity contribution in [2.75, 3.05) is 19.6 Å². The number of nitrogens with zero attached hydrogens (tertiary/aromatic N) is 2. The second kappa shape index (κ2) is 7.89. The number of fused-ring (bicyclic) bond motifs is 1. The lowest BCUT2D eigenvalue weighted by atomic mass is 9.86. The molecule has 2 aliphatic rings. The topological polar surface area (TPSA) is 36.4 Å². The van der Waals surface area contributed by atoms with Crippen LogP contribution in [-0.4, -0.2) is 34.6 Å². The van der Waals surface area contributed by atoms with Gasteiger partial charge in [0.1, 0.15) is 0 Å². The van der Waals surface area contributed by atoms with Gasteiger partial charge in [0.05, 0.1) is 6.10 Å². The molecule has 0 bridgehead atoms. The molecule has 1 saturated heterocycles. The first-order valence-electron chi connectivity index (χ1n) is 10.1. The molecule has 1 fully saturated rings. The van der Waals surface area contributed by atoms with Gasteiger partial charge in [-0.3, -0.25) is 4.98 Å². The molecule has 1 N–H and O–H groups in total. The van der Waals surface area contributed by atoms with Crippen molar-refractivity contribution in [3.63, 3.8) is 0 Å². The predicted octanol–water partition coefficient (Wildman–Crippen LogP) is 4.26. The van der Waals surface area contributed by atoms with Crippen LogP contribution in [0.3, 0.4) is 0 Å². The van der Waals surface area contributed by atoms with Crippen molar-refractivity contribution in [2.45, 2.75) is 51.0 Å². The van der Waals surface area contributed by atoms with Gasteiger partial charge in [-0.2, -0.15) is 0 Å². The van der Waals surface area contributed by atoms with E-state index in [2.05, 4.69) is 41.1 Å². The van der Waals surface area contributed by atoms with Gasteiger partial charge >= 0.3 is 0 Å². The fourth-order valence-corrected chi connectivity index (χ4v) is 4.87. The van der Waals surface area contributed by atoms with E-state index >= 15 is 0 Å². The number of aryl methyl sites for hydroxylation is 2. The zero-order valence-corrected chi connectivity index (χ0v) is 15.8. The summed E-state index contributed by atoms with van der Waals surface area (Å²) < 4.78 is 0. The molecule has 26 heavy (non-hydrogen) atoms. The zero-order valence-electron chi connectivity index (χ0n) is 15.8. The fraction of sp³-hybridized carbons (Fsp3) is 0.522. The summed E-state index contributed by atoms with van der Waals surface area (Å²) in [4.78, 5) is 7.11. The summed E-state index contributed by atoms with van der Waals surface area (Å²) >= 11 is 0. The molecule has 0 radical (unpaired) electrons. The number of hydrogen-bond acceptors (Lipinski definition) is 3. The quantitative estimate of drug-likeness (QED) is 0.841. The van der Waals surface area contributed by atoms with Gasteiger partial charge in [-0.1, -0.05) is 30.3 Å². The number of hydrogen-bond donors (Lipinski definition) is 1. The molecule has 4 rings (SSSR count). The number of pyridine rings is 1. The first-order chi connectivity index (χ1) is 12.7. The van der Waals surface area contributed by atoms with Crippen molar-refractivity contribution in [2.24, 2.45) is 5.92 Å². The Labute approximate surface area is 157 Å². The monoisotopic (exact) mass is 350 g/mol. The van der Waals surface area contributed by atoms with Crippen molar-refractivity contribution < 1.29 is 5.11 Å². The van der Waals surface area contributed by atoms with E-state index in [1.165, 1.54) is 31.5 Å². The van der Waals surface area contributed by atoms with E-state index in [0.717, 1.165) is 37.1 Å². The Balaban J connectivity index is 1.33. The normalized spacial score (nSPS) is 24.8. The van der Waals surface area contributed by atoms with Crippen LogP contribution in [0.25, 0.3) is 0 Å². The summed E-state index contributed by atoms with van der Waals surface area (Å²) in [7, 11) is 0. The molecule has 1 aromatic heterocycles. The molecule has 2 heterocycles. The second-order valence-electron chi connectivity index (χ2n) is 8.13. The third-order valence-electron chi connectivity index (χ3n) is 6.36. The van der Waals surface area contributed by atoms with Gasteiger partial charge in [-0.15, -0.1) is 0 Å². The standard InChI is InChI=1S/C23H30N2O/c1-17-5-2-3-6-20(17)19-10-13-25(14-11-19)16-18-8-9-22-21(23(26)15-18)7-4-12-24-22/h2-7,12,18-19,23,26H,8-11,13-16H2,1H3. The van der Waals surface area contributed by atoms with E-state index in [1.54, 1.807) is 5.56 Å². The molecule has 1 aliphatic heterocycles. The smallest absolute Gasteiger partial charge is 0.0810 e. The maximum Gasteiger partial charge on any atom is 0.0810 e. The van der Waals surface area contributed by atoms with Crippen LogP contribution < -0.4 is 0 Å². The number of aromatic nitrogens is 1. The van der Waals surface area contributed by atoms with Crippen molar-refractivity contribution in [1.82, 2.24) is 9.88 Å². The molecule has 1 aliphatic carbocycles. The van der Waals surface area contributed by atoms with Crippen LogP contribution in [0.2, 0.25) is 0 Å². The second-order valence-corrected chi connectivity index (χ2v) is 8.13. The molecule has 138 valence electrons. The van der Waals surface area contributed by atoms with E-state index < -0.39 is 0 Å². The van der Waals surface area contributed by atoms with Crippen LogP contribution >= 0.6 is 0 Å². The van der Waals surface area contributed by atoms with Crippen LogP contribution in [0.15, 0.2) is 42.6 Å². The minimum Gasteiger partial charge on any atom is -0.388 e. The van der Waals surface area contributed by atoms with Crippen molar-refractivity contribution in [3.8, 4) is 0 Å². The van der Waals surface area contributed by atoms with E-state index in [-0.39, 0.29) is 6.10 Å². The highest BCUT2D eigenvalue weighted by molar-refractivity contribution is 5.29. The van der Waals surface area contributed by atoms with E-state index in [0.29, 0.717) is 11.8 Å². The first-order valence-corrected chi connectivity index (χ1v) is 10.1. The van der Waals surface area contributed by atoms with Gasteiger partial charge in [-0.25, -0.2) is 0 Å². The van der Waals surface area contributed by atoms with Gasteiger partial charge < -0.3 is 10.0 Å². The molecule has 0 saturated carbocycles. The van der Waals surface area contributed by atoms with Crippen LogP contribution in [-0.2, 0) is 6.42 Å². The largest absolute Gasteiger partial charge is 0.388 e. The average molecular weight is 351 g/mol. The SMILES string of the molecule is Cc1ccccc1C1CCN(CC2CCc3ncccc3C(O)C2)CC1. The molecule has 0 amide bonds. The van der Waals surface area contributed by atoms with Gasteiger partial charge in [0.2, 0.25) is 0 Å². The number of likely N-dealkylation sites (tertiary alicyclic amines) is 1. The van der Waals surface area contributed by atoms with Crippen LogP contribution in [0.5, 0.6) is 0 Å². The highest BCUT2D eigenvalue weighted by Crippen LogP contribution is 2.34. The molecular formula is C23H30N2O. The van der Waals surface area contributed by atoms with Crippen LogP contribution in [0, 0.1) is 12.8 Å². The summed E-state index contributed by atoms with van der Waals surface area (Å²) in [6.07, 6.45) is 7.01. The fourth-order valence-electron chi connectivity index (χ4n) is 4.87. The molecule has 3 heteroatoms. The Kier molecular flexibility index (Phi) is 5.37. The number of aliphatic hydroxyl groups is 1. The summed E-state index contributed by atoms with van der Waals surface area (Å²) in [5, 5.41) is 10.6. The van der Waals surface area contributed by atoms with Gasteiger partial charge in [0.15, 0.2) is 0 Å². The Bertz CT molecular complexity index is 736. The molecular weight excluding hydrogens is 320 g/mol. The minimum absolute atomic E-state index is 0.351. The predicted molar refractivity (Wildman–Crippen MR) is 105 cm³/mol. The molecule has 1 aromatic carbocycles. The maximum atomic E-state index is 10.6. The summed E-state index contributed by atoms with van der Waals surface area (Å²) in [6, 6.07) is 12.8. The Morgan fingerprint density at radius 1 is 1.04 bits per heavy atom. The Hall–Kier alpha value is -1.71. The number of benzene rings is 1. The summed E-state index contributed by atoms with van der Waals surface area (Å²) in [5.74, 6) is 1.27. The van der Waals surface area contributed by atoms with E-state index in [1.807, 2.05) is 18.3 Å². The molecule has 3 nitrogen and oxygen atoms in total. The summed E-state index contributed by atoms with van der Waals surface area (Å²) in [6.45, 7) is 5.71. The maximum absolute atomic E-state index is 10.6. The molecule has 2 aromatic rings. The molecule has 2 atom stereocenters. The first kappa shape index (κ1) is 17.7. The van der Waals surface area contributed by atoms with E-state index in [9.17, 15) is 5.11 Å². The van der Waals surface area contributed by atoms with Crippen LogP contribution in [0.4, 0.5) is 0 Å². The lowest BCUT2D eigenvalue weighted by Crippen LogP contribution is -2.37.